The molecule has 2 amide bonds. The van der Waals surface area contributed by atoms with E-state index in [2.05, 4.69) is 0 Å². The fourth-order valence-corrected chi connectivity index (χ4v) is 1.93. The van der Waals surface area contributed by atoms with Gasteiger partial charge in [-0.25, -0.2) is 0 Å². The molecular weight excluding hydrogens is 234 g/mol. The first-order valence-electron chi connectivity index (χ1n) is 5.77. The Labute approximate surface area is 104 Å². The maximum absolute atomic E-state index is 12.2. The van der Waals surface area contributed by atoms with Crippen molar-refractivity contribution in [2.75, 3.05) is 26.2 Å². The number of aryl methyl sites for hydroxylation is 1. The second kappa shape index (κ2) is 5.03. The molecule has 0 bridgehead atoms. The summed E-state index contributed by atoms with van der Waals surface area (Å²) in [6.07, 6.45) is 2.34. The number of carbonyl (C=O) groups is 2. The van der Waals surface area contributed by atoms with Crippen LogP contribution in [-0.2, 0) is 11.8 Å². The minimum atomic E-state index is -0.141. The summed E-state index contributed by atoms with van der Waals surface area (Å²) in [5, 5.41) is 0. The van der Waals surface area contributed by atoms with E-state index in [9.17, 15) is 14.4 Å². The summed E-state index contributed by atoms with van der Waals surface area (Å²) in [7, 11) is 1.61. The van der Waals surface area contributed by atoms with E-state index >= 15 is 0 Å². The zero-order valence-corrected chi connectivity index (χ0v) is 10.2. The topological polar surface area (TPSA) is 62.6 Å². The smallest absolute Gasteiger partial charge is 0.255 e. The Kier molecular flexibility index (Phi) is 3.45. The van der Waals surface area contributed by atoms with Crippen molar-refractivity contribution in [3.8, 4) is 0 Å². The monoisotopic (exact) mass is 249 g/mol. The Morgan fingerprint density at radius 3 is 2.44 bits per heavy atom. The van der Waals surface area contributed by atoms with Crippen molar-refractivity contribution in [3.63, 3.8) is 0 Å². The lowest BCUT2D eigenvalue weighted by Crippen LogP contribution is -2.48. The van der Waals surface area contributed by atoms with Gasteiger partial charge >= 0.3 is 0 Å². The number of amides is 2. The molecule has 0 radical (unpaired) electrons. The molecule has 0 aliphatic carbocycles. The lowest BCUT2D eigenvalue weighted by molar-refractivity contribution is -0.119. The van der Waals surface area contributed by atoms with E-state index in [0.29, 0.717) is 31.7 Å². The van der Waals surface area contributed by atoms with E-state index in [-0.39, 0.29) is 11.5 Å². The van der Waals surface area contributed by atoms with Crippen molar-refractivity contribution in [2.24, 2.45) is 7.05 Å². The van der Waals surface area contributed by atoms with Crippen LogP contribution >= 0.6 is 0 Å². The zero-order valence-electron chi connectivity index (χ0n) is 10.2. The second-order valence-corrected chi connectivity index (χ2v) is 4.30. The van der Waals surface area contributed by atoms with Gasteiger partial charge in [0, 0.05) is 45.5 Å². The van der Waals surface area contributed by atoms with Gasteiger partial charge in [-0.05, 0) is 6.07 Å². The Balaban J connectivity index is 2.10. The molecule has 0 spiro atoms. The molecule has 2 heterocycles. The van der Waals surface area contributed by atoms with Gasteiger partial charge in [0.2, 0.25) is 12.0 Å². The van der Waals surface area contributed by atoms with Gasteiger partial charge in [-0.15, -0.1) is 0 Å². The van der Waals surface area contributed by atoms with Gasteiger partial charge in [0.1, 0.15) is 0 Å². The van der Waals surface area contributed by atoms with Crippen molar-refractivity contribution >= 4 is 12.3 Å². The molecule has 6 nitrogen and oxygen atoms in total. The highest BCUT2D eigenvalue weighted by Crippen LogP contribution is 2.06. The van der Waals surface area contributed by atoms with Crippen LogP contribution in [0.5, 0.6) is 0 Å². The quantitative estimate of drug-likeness (QED) is 0.651. The van der Waals surface area contributed by atoms with Gasteiger partial charge in [0.05, 0.1) is 5.56 Å². The highest BCUT2D eigenvalue weighted by molar-refractivity contribution is 5.94. The van der Waals surface area contributed by atoms with Crippen molar-refractivity contribution in [1.82, 2.24) is 14.4 Å². The molecule has 6 heteroatoms. The van der Waals surface area contributed by atoms with Crippen LogP contribution in [0.4, 0.5) is 0 Å². The molecule has 1 aromatic heterocycles. The number of aromatic nitrogens is 1. The summed E-state index contributed by atoms with van der Waals surface area (Å²) in [6, 6.07) is 2.92. The standard InChI is InChI=1S/C12H15N3O3/c1-13-8-10(2-3-11(13)17)12(18)15-6-4-14(9-16)5-7-15/h2-3,8-9H,4-7H2,1H3. The molecule has 1 aliphatic heterocycles. The lowest BCUT2D eigenvalue weighted by Gasteiger charge is -2.32. The van der Waals surface area contributed by atoms with Crippen LogP contribution in [0.25, 0.3) is 0 Å². The third-order valence-corrected chi connectivity index (χ3v) is 3.08. The molecule has 0 aromatic carbocycles. The molecule has 18 heavy (non-hydrogen) atoms. The average Bonchev–Trinajstić information content (AvgIpc) is 2.41. The summed E-state index contributed by atoms with van der Waals surface area (Å²) in [4.78, 5) is 37.3. The molecule has 0 unspecified atom stereocenters. The van der Waals surface area contributed by atoms with E-state index in [1.807, 2.05) is 0 Å². The summed E-state index contributed by atoms with van der Waals surface area (Å²) < 4.78 is 1.38. The lowest BCUT2D eigenvalue weighted by atomic mass is 10.2. The number of nitrogens with zero attached hydrogens (tertiary/aromatic N) is 3. The number of pyridine rings is 1. The highest BCUT2D eigenvalue weighted by atomic mass is 16.2. The van der Waals surface area contributed by atoms with Gasteiger partial charge < -0.3 is 14.4 Å². The fourth-order valence-electron chi connectivity index (χ4n) is 1.93. The average molecular weight is 249 g/mol. The Morgan fingerprint density at radius 2 is 1.89 bits per heavy atom. The van der Waals surface area contributed by atoms with Crippen LogP contribution in [0, 0.1) is 0 Å². The molecule has 1 saturated heterocycles. The molecule has 0 saturated carbocycles. The molecule has 0 N–H and O–H groups in total. The first kappa shape index (κ1) is 12.3. The number of carbonyl (C=O) groups excluding carboxylic acids is 2. The van der Waals surface area contributed by atoms with Gasteiger partial charge in [-0.1, -0.05) is 0 Å². The summed E-state index contributed by atoms with van der Waals surface area (Å²) in [5.41, 5.74) is 0.356. The molecular formula is C12H15N3O3. The Hall–Kier alpha value is -2.11. The van der Waals surface area contributed by atoms with Crippen molar-refractivity contribution in [1.29, 1.82) is 0 Å². The largest absolute Gasteiger partial charge is 0.342 e. The van der Waals surface area contributed by atoms with Crippen molar-refractivity contribution < 1.29 is 9.59 Å². The van der Waals surface area contributed by atoms with Gasteiger partial charge in [-0.3, -0.25) is 14.4 Å². The number of piperazine rings is 1. The van der Waals surface area contributed by atoms with Crippen LogP contribution in [0.1, 0.15) is 10.4 Å². The third kappa shape index (κ3) is 2.42. The SMILES string of the molecule is Cn1cc(C(=O)N2CCN(C=O)CC2)ccc1=O. The summed E-state index contributed by atoms with van der Waals surface area (Å²) >= 11 is 0. The van der Waals surface area contributed by atoms with Crippen LogP contribution < -0.4 is 5.56 Å². The van der Waals surface area contributed by atoms with Gasteiger partial charge in [0.25, 0.3) is 5.91 Å². The molecule has 1 aliphatic rings. The first-order valence-corrected chi connectivity index (χ1v) is 5.77. The molecule has 2 rings (SSSR count). The number of hydrogen-bond acceptors (Lipinski definition) is 3. The molecule has 0 atom stereocenters. The van der Waals surface area contributed by atoms with Crippen LogP contribution in [-0.4, -0.2) is 52.9 Å². The number of hydrogen-bond donors (Lipinski definition) is 0. The van der Waals surface area contributed by atoms with E-state index in [1.54, 1.807) is 16.8 Å². The maximum Gasteiger partial charge on any atom is 0.255 e. The van der Waals surface area contributed by atoms with Crippen molar-refractivity contribution in [2.45, 2.75) is 0 Å². The summed E-state index contributed by atoms with van der Waals surface area (Å²) in [5.74, 6) is -0.101. The number of rotatable bonds is 2. The minimum absolute atomic E-state index is 0.101. The predicted molar refractivity (Wildman–Crippen MR) is 65.2 cm³/mol. The van der Waals surface area contributed by atoms with Crippen LogP contribution in [0.2, 0.25) is 0 Å². The fraction of sp³-hybridized carbons (Fsp3) is 0.417. The zero-order chi connectivity index (χ0) is 13.1. The first-order chi connectivity index (χ1) is 8.61. The predicted octanol–water partition coefficient (Wildman–Crippen LogP) is -0.700. The van der Waals surface area contributed by atoms with E-state index in [4.69, 9.17) is 0 Å². The third-order valence-electron chi connectivity index (χ3n) is 3.08. The second-order valence-electron chi connectivity index (χ2n) is 4.30. The molecule has 1 aromatic rings. The van der Waals surface area contributed by atoms with Crippen LogP contribution in [0.15, 0.2) is 23.1 Å². The summed E-state index contributed by atoms with van der Waals surface area (Å²) in [6.45, 7) is 2.17. The molecule has 1 fully saturated rings. The van der Waals surface area contributed by atoms with E-state index in [1.165, 1.54) is 22.9 Å². The Morgan fingerprint density at radius 1 is 1.22 bits per heavy atom. The van der Waals surface area contributed by atoms with Crippen LogP contribution in [0.3, 0.4) is 0 Å². The molecule has 96 valence electrons. The van der Waals surface area contributed by atoms with E-state index in [0.717, 1.165) is 6.41 Å². The highest BCUT2D eigenvalue weighted by Gasteiger charge is 2.21. The van der Waals surface area contributed by atoms with E-state index < -0.39 is 0 Å². The normalized spacial score (nSPS) is 15.6. The Bertz CT molecular complexity index is 516. The van der Waals surface area contributed by atoms with Gasteiger partial charge in [0.15, 0.2) is 0 Å². The minimum Gasteiger partial charge on any atom is -0.342 e. The van der Waals surface area contributed by atoms with Gasteiger partial charge in [-0.2, -0.15) is 0 Å². The van der Waals surface area contributed by atoms with Crippen molar-refractivity contribution in [3.05, 3.63) is 34.2 Å². The maximum atomic E-state index is 12.2.